The first-order valence-electron chi connectivity index (χ1n) is 7.73. The van der Waals surface area contributed by atoms with Gasteiger partial charge in [-0.3, -0.25) is 4.98 Å². The van der Waals surface area contributed by atoms with Crippen LogP contribution < -0.4 is 5.32 Å². The van der Waals surface area contributed by atoms with E-state index in [4.69, 9.17) is 4.98 Å². The van der Waals surface area contributed by atoms with E-state index in [-0.39, 0.29) is 0 Å². The van der Waals surface area contributed by atoms with Gasteiger partial charge in [0.1, 0.15) is 5.82 Å². The highest BCUT2D eigenvalue weighted by Crippen LogP contribution is 2.06. The molecule has 5 nitrogen and oxygen atoms in total. The van der Waals surface area contributed by atoms with Crippen LogP contribution in [0.2, 0.25) is 0 Å². The summed E-state index contributed by atoms with van der Waals surface area (Å²) in [4.78, 5) is 9.24. The van der Waals surface area contributed by atoms with Crippen LogP contribution in [-0.2, 0) is 25.9 Å². The van der Waals surface area contributed by atoms with Gasteiger partial charge >= 0.3 is 0 Å². The molecule has 0 aliphatic heterocycles. The Balaban J connectivity index is 2.12. The molecular weight excluding hydrogens is 262 g/mol. The highest BCUT2D eigenvalue weighted by molar-refractivity contribution is 5.12. The van der Waals surface area contributed by atoms with Crippen molar-refractivity contribution < 1.29 is 0 Å². The number of aromatic nitrogens is 4. The van der Waals surface area contributed by atoms with Gasteiger partial charge in [-0.15, -0.1) is 0 Å². The van der Waals surface area contributed by atoms with Crippen molar-refractivity contribution in [3.63, 3.8) is 0 Å². The average Bonchev–Trinajstić information content (AvgIpc) is 2.87. The van der Waals surface area contributed by atoms with Crippen molar-refractivity contribution >= 4 is 0 Å². The van der Waals surface area contributed by atoms with Gasteiger partial charge in [-0.2, -0.15) is 5.10 Å². The Morgan fingerprint density at radius 1 is 1.10 bits per heavy atom. The highest BCUT2D eigenvalue weighted by atomic mass is 15.3. The molecule has 2 aromatic rings. The molecule has 0 unspecified atom stereocenters. The third-order valence-electron chi connectivity index (χ3n) is 3.29. The second-order valence-corrected chi connectivity index (χ2v) is 5.46. The van der Waals surface area contributed by atoms with Crippen molar-refractivity contribution in [2.45, 2.75) is 59.7 Å². The molecule has 2 aromatic heterocycles. The van der Waals surface area contributed by atoms with Gasteiger partial charge in [0.25, 0.3) is 0 Å². The number of hydrogen-bond acceptors (Lipinski definition) is 4. The van der Waals surface area contributed by atoms with E-state index >= 15 is 0 Å². The molecule has 5 heteroatoms. The van der Waals surface area contributed by atoms with Gasteiger partial charge in [0, 0.05) is 25.4 Å². The lowest BCUT2D eigenvalue weighted by molar-refractivity contribution is 0.576. The lowest BCUT2D eigenvalue weighted by Gasteiger charge is -2.09. The van der Waals surface area contributed by atoms with Gasteiger partial charge < -0.3 is 5.32 Å². The normalized spacial score (nSPS) is 11.3. The standard InChI is InChI=1S/C16H25N5/c1-5-15-19-16(6-2)21(20-15)11-14-9-7-8-13(18-14)10-17-12(3)4/h7-9,12,17H,5-6,10-11H2,1-4H3. The maximum absolute atomic E-state index is 4.70. The van der Waals surface area contributed by atoms with E-state index < -0.39 is 0 Å². The van der Waals surface area contributed by atoms with Crippen LogP contribution >= 0.6 is 0 Å². The zero-order valence-corrected chi connectivity index (χ0v) is 13.4. The second-order valence-electron chi connectivity index (χ2n) is 5.46. The van der Waals surface area contributed by atoms with Gasteiger partial charge in [-0.05, 0) is 12.1 Å². The summed E-state index contributed by atoms with van der Waals surface area (Å²) in [5.74, 6) is 1.93. The number of hydrogen-bond donors (Lipinski definition) is 1. The Hall–Kier alpha value is -1.75. The number of nitrogens with one attached hydrogen (secondary N) is 1. The minimum Gasteiger partial charge on any atom is -0.309 e. The molecular formula is C16H25N5. The smallest absolute Gasteiger partial charge is 0.150 e. The number of aryl methyl sites for hydroxylation is 2. The first-order chi connectivity index (χ1) is 10.1. The monoisotopic (exact) mass is 287 g/mol. The van der Waals surface area contributed by atoms with E-state index in [2.05, 4.69) is 55.2 Å². The van der Waals surface area contributed by atoms with E-state index in [0.29, 0.717) is 12.6 Å². The Kier molecular flexibility index (Phi) is 5.44. The van der Waals surface area contributed by atoms with Crippen LogP contribution in [0.3, 0.4) is 0 Å². The molecule has 2 heterocycles. The van der Waals surface area contributed by atoms with E-state index in [1.807, 2.05) is 10.7 Å². The van der Waals surface area contributed by atoms with Gasteiger partial charge in [0.05, 0.1) is 17.9 Å². The summed E-state index contributed by atoms with van der Waals surface area (Å²) in [6.45, 7) is 9.94. The molecule has 0 bridgehead atoms. The van der Waals surface area contributed by atoms with Crippen LogP contribution in [-0.4, -0.2) is 25.8 Å². The fourth-order valence-corrected chi connectivity index (χ4v) is 2.14. The van der Waals surface area contributed by atoms with Crippen LogP contribution in [0.4, 0.5) is 0 Å². The van der Waals surface area contributed by atoms with Crippen LogP contribution in [0.15, 0.2) is 18.2 Å². The van der Waals surface area contributed by atoms with Crippen molar-refractivity contribution in [1.82, 2.24) is 25.1 Å². The number of rotatable bonds is 7. The molecule has 0 radical (unpaired) electrons. The zero-order chi connectivity index (χ0) is 15.2. The van der Waals surface area contributed by atoms with Crippen LogP contribution in [0.25, 0.3) is 0 Å². The van der Waals surface area contributed by atoms with Crippen LogP contribution in [0.5, 0.6) is 0 Å². The first kappa shape index (κ1) is 15.6. The SMILES string of the molecule is CCc1nc(CC)n(Cc2cccc(CNC(C)C)n2)n1. The Labute approximate surface area is 126 Å². The maximum atomic E-state index is 4.70. The van der Waals surface area contributed by atoms with Gasteiger partial charge in [0.2, 0.25) is 0 Å². The Bertz CT molecular complexity index is 574. The molecule has 0 aliphatic rings. The van der Waals surface area contributed by atoms with Crippen molar-refractivity contribution in [2.24, 2.45) is 0 Å². The summed E-state index contributed by atoms with van der Waals surface area (Å²) in [7, 11) is 0. The third kappa shape index (κ3) is 4.36. The molecule has 0 aliphatic carbocycles. The molecule has 2 rings (SSSR count). The Morgan fingerprint density at radius 2 is 1.86 bits per heavy atom. The van der Waals surface area contributed by atoms with E-state index in [9.17, 15) is 0 Å². The van der Waals surface area contributed by atoms with Gasteiger partial charge in [0.15, 0.2) is 5.82 Å². The molecule has 0 amide bonds. The van der Waals surface area contributed by atoms with Crippen LogP contribution in [0, 0.1) is 0 Å². The molecule has 0 spiro atoms. The quantitative estimate of drug-likeness (QED) is 0.849. The molecule has 0 fully saturated rings. The second kappa shape index (κ2) is 7.31. The summed E-state index contributed by atoms with van der Waals surface area (Å²) in [6.07, 6.45) is 1.76. The Morgan fingerprint density at radius 3 is 2.52 bits per heavy atom. The molecule has 0 saturated carbocycles. The summed E-state index contributed by atoms with van der Waals surface area (Å²) in [6, 6.07) is 6.62. The largest absolute Gasteiger partial charge is 0.309 e. The molecule has 21 heavy (non-hydrogen) atoms. The maximum Gasteiger partial charge on any atom is 0.150 e. The molecule has 0 saturated heterocycles. The van der Waals surface area contributed by atoms with Crippen molar-refractivity contribution in [1.29, 1.82) is 0 Å². The summed E-state index contributed by atoms with van der Waals surface area (Å²) >= 11 is 0. The topological polar surface area (TPSA) is 55.6 Å². The van der Waals surface area contributed by atoms with E-state index in [1.54, 1.807) is 0 Å². The average molecular weight is 287 g/mol. The fourth-order valence-electron chi connectivity index (χ4n) is 2.14. The first-order valence-corrected chi connectivity index (χ1v) is 7.73. The van der Waals surface area contributed by atoms with Gasteiger partial charge in [-0.25, -0.2) is 9.67 Å². The summed E-state index contributed by atoms with van der Waals surface area (Å²) in [5.41, 5.74) is 2.09. The van der Waals surface area contributed by atoms with E-state index in [0.717, 1.165) is 42.4 Å². The molecule has 114 valence electrons. The van der Waals surface area contributed by atoms with Crippen molar-refractivity contribution in [3.05, 3.63) is 41.2 Å². The minimum absolute atomic E-state index is 0.463. The van der Waals surface area contributed by atoms with Crippen molar-refractivity contribution in [2.75, 3.05) is 0 Å². The van der Waals surface area contributed by atoms with Crippen LogP contribution in [0.1, 0.15) is 50.7 Å². The molecule has 1 N–H and O–H groups in total. The number of nitrogens with zero attached hydrogens (tertiary/aromatic N) is 4. The zero-order valence-electron chi connectivity index (χ0n) is 13.4. The lowest BCUT2D eigenvalue weighted by Crippen LogP contribution is -2.22. The predicted octanol–water partition coefficient (Wildman–Crippen LogP) is 2.34. The lowest BCUT2D eigenvalue weighted by atomic mass is 10.2. The predicted molar refractivity (Wildman–Crippen MR) is 84.1 cm³/mol. The fraction of sp³-hybridized carbons (Fsp3) is 0.562. The summed E-state index contributed by atoms with van der Waals surface area (Å²) < 4.78 is 1.97. The molecule has 0 atom stereocenters. The molecule has 0 aromatic carbocycles. The number of pyridine rings is 1. The van der Waals surface area contributed by atoms with Gasteiger partial charge in [-0.1, -0.05) is 33.8 Å². The van der Waals surface area contributed by atoms with Crippen molar-refractivity contribution in [3.8, 4) is 0 Å². The summed E-state index contributed by atoms with van der Waals surface area (Å²) in [5, 5.41) is 7.94. The van der Waals surface area contributed by atoms with E-state index in [1.165, 1.54) is 0 Å². The third-order valence-corrected chi connectivity index (χ3v) is 3.29. The minimum atomic E-state index is 0.463. The highest BCUT2D eigenvalue weighted by Gasteiger charge is 2.08.